The number of ether oxygens (including phenoxy) is 1. The van der Waals surface area contributed by atoms with Crippen LogP contribution in [0.2, 0.25) is 0 Å². The highest BCUT2D eigenvalue weighted by atomic mass is 19.1. The minimum absolute atomic E-state index is 0.0225. The number of para-hydroxylation sites is 2. The van der Waals surface area contributed by atoms with E-state index in [4.69, 9.17) is 4.74 Å². The zero-order chi connectivity index (χ0) is 14.4. The van der Waals surface area contributed by atoms with E-state index in [0.29, 0.717) is 24.6 Å². The van der Waals surface area contributed by atoms with Gasteiger partial charge in [0, 0.05) is 12.6 Å². The molecular formula is C14H13FN2O3. The minimum atomic E-state index is -0.441. The summed E-state index contributed by atoms with van der Waals surface area (Å²) in [7, 11) is 0. The summed E-state index contributed by atoms with van der Waals surface area (Å²) < 4.78 is 18.1. The van der Waals surface area contributed by atoms with E-state index in [1.54, 1.807) is 18.2 Å². The van der Waals surface area contributed by atoms with Crippen molar-refractivity contribution in [3.63, 3.8) is 0 Å². The normalized spacial score (nSPS) is 10.1. The SMILES string of the molecule is O=[N+]([O-])c1ccccc1NCCOc1ccc(F)cc1. The zero-order valence-corrected chi connectivity index (χ0v) is 10.6. The first kappa shape index (κ1) is 13.8. The molecule has 0 aliphatic rings. The molecule has 0 saturated heterocycles. The van der Waals surface area contributed by atoms with E-state index in [1.807, 2.05) is 0 Å². The summed E-state index contributed by atoms with van der Waals surface area (Å²) in [4.78, 5) is 10.4. The summed E-state index contributed by atoms with van der Waals surface area (Å²) in [6.45, 7) is 0.722. The molecule has 2 aromatic carbocycles. The fourth-order valence-electron chi connectivity index (χ4n) is 1.67. The van der Waals surface area contributed by atoms with Crippen LogP contribution in [0, 0.1) is 15.9 Å². The van der Waals surface area contributed by atoms with Crippen LogP contribution in [0.15, 0.2) is 48.5 Å². The van der Waals surface area contributed by atoms with E-state index in [9.17, 15) is 14.5 Å². The Morgan fingerprint density at radius 3 is 2.55 bits per heavy atom. The minimum Gasteiger partial charge on any atom is -0.492 e. The van der Waals surface area contributed by atoms with Crippen molar-refractivity contribution in [1.29, 1.82) is 0 Å². The van der Waals surface area contributed by atoms with Gasteiger partial charge in [-0.3, -0.25) is 10.1 Å². The molecule has 2 aromatic rings. The molecule has 0 aliphatic heterocycles. The fraction of sp³-hybridized carbons (Fsp3) is 0.143. The molecule has 104 valence electrons. The molecule has 0 amide bonds. The monoisotopic (exact) mass is 276 g/mol. The molecule has 6 heteroatoms. The third-order valence-electron chi connectivity index (χ3n) is 2.60. The van der Waals surface area contributed by atoms with Gasteiger partial charge in [-0.05, 0) is 30.3 Å². The molecule has 0 spiro atoms. The summed E-state index contributed by atoms with van der Waals surface area (Å²) in [6, 6.07) is 12.1. The average molecular weight is 276 g/mol. The largest absolute Gasteiger partial charge is 0.492 e. The molecule has 0 bridgehead atoms. The van der Waals surface area contributed by atoms with E-state index in [-0.39, 0.29) is 11.5 Å². The molecule has 1 N–H and O–H groups in total. The standard InChI is InChI=1S/C14H13FN2O3/c15-11-5-7-12(8-6-11)20-10-9-16-13-3-1-2-4-14(13)17(18)19/h1-8,16H,9-10H2. The lowest BCUT2D eigenvalue weighted by Gasteiger charge is -2.08. The second kappa shape index (κ2) is 6.51. The highest BCUT2D eigenvalue weighted by molar-refractivity contribution is 5.60. The van der Waals surface area contributed by atoms with Crippen molar-refractivity contribution in [2.24, 2.45) is 0 Å². The fourth-order valence-corrected chi connectivity index (χ4v) is 1.67. The van der Waals surface area contributed by atoms with Gasteiger partial charge in [-0.2, -0.15) is 0 Å². The summed E-state index contributed by atoms with van der Waals surface area (Å²) >= 11 is 0. The molecule has 5 nitrogen and oxygen atoms in total. The topological polar surface area (TPSA) is 64.4 Å². The molecule has 0 saturated carbocycles. The second-order valence-corrected chi connectivity index (χ2v) is 4.00. The molecule has 2 rings (SSSR count). The molecule has 20 heavy (non-hydrogen) atoms. The molecule has 0 fully saturated rings. The number of nitrogens with zero attached hydrogens (tertiary/aromatic N) is 1. The van der Waals surface area contributed by atoms with Gasteiger partial charge in [-0.1, -0.05) is 12.1 Å². The van der Waals surface area contributed by atoms with Gasteiger partial charge >= 0.3 is 0 Å². The Hall–Kier alpha value is -2.63. The van der Waals surface area contributed by atoms with E-state index in [1.165, 1.54) is 30.3 Å². The number of nitrogens with one attached hydrogen (secondary N) is 1. The molecule has 0 heterocycles. The molecule has 0 atom stereocenters. The summed E-state index contributed by atoms with van der Waals surface area (Å²) in [5.74, 6) is 0.228. The van der Waals surface area contributed by atoms with Crippen molar-refractivity contribution in [2.75, 3.05) is 18.5 Å². The van der Waals surface area contributed by atoms with Crippen LogP contribution >= 0.6 is 0 Å². The van der Waals surface area contributed by atoms with Crippen LogP contribution < -0.4 is 10.1 Å². The van der Waals surface area contributed by atoms with Gasteiger partial charge in [0.15, 0.2) is 0 Å². The number of hydrogen-bond acceptors (Lipinski definition) is 4. The van der Waals surface area contributed by atoms with Crippen molar-refractivity contribution in [3.05, 3.63) is 64.5 Å². The maximum atomic E-state index is 12.7. The van der Waals surface area contributed by atoms with E-state index >= 15 is 0 Å². The third kappa shape index (κ3) is 3.68. The number of anilines is 1. The summed E-state index contributed by atoms with van der Waals surface area (Å²) in [6.07, 6.45) is 0. The number of halogens is 1. The number of nitro benzene ring substituents is 1. The lowest BCUT2D eigenvalue weighted by Crippen LogP contribution is -2.12. The second-order valence-electron chi connectivity index (χ2n) is 4.00. The predicted molar refractivity (Wildman–Crippen MR) is 73.5 cm³/mol. The lowest BCUT2D eigenvalue weighted by atomic mass is 10.2. The van der Waals surface area contributed by atoms with Gasteiger partial charge in [-0.15, -0.1) is 0 Å². The van der Waals surface area contributed by atoms with E-state index in [2.05, 4.69) is 5.32 Å². The Balaban J connectivity index is 1.84. The van der Waals surface area contributed by atoms with Gasteiger partial charge < -0.3 is 10.1 Å². The molecule has 0 aromatic heterocycles. The van der Waals surface area contributed by atoms with Gasteiger partial charge in [0.25, 0.3) is 5.69 Å². The summed E-state index contributed by atoms with van der Waals surface area (Å²) in [5.41, 5.74) is 0.467. The van der Waals surface area contributed by atoms with Crippen LogP contribution in [0.5, 0.6) is 5.75 Å². The first-order valence-corrected chi connectivity index (χ1v) is 6.02. The third-order valence-corrected chi connectivity index (χ3v) is 2.60. The number of rotatable bonds is 6. The van der Waals surface area contributed by atoms with Crippen molar-refractivity contribution in [1.82, 2.24) is 0 Å². The number of nitro groups is 1. The highest BCUT2D eigenvalue weighted by Crippen LogP contribution is 2.22. The van der Waals surface area contributed by atoms with Crippen molar-refractivity contribution < 1.29 is 14.1 Å². The number of benzene rings is 2. The first-order valence-electron chi connectivity index (χ1n) is 6.02. The van der Waals surface area contributed by atoms with Crippen LogP contribution in [-0.2, 0) is 0 Å². The van der Waals surface area contributed by atoms with Gasteiger partial charge in [0.05, 0.1) is 4.92 Å². The Bertz CT molecular complexity index is 587. The maximum Gasteiger partial charge on any atom is 0.292 e. The Morgan fingerprint density at radius 1 is 1.15 bits per heavy atom. The smallest absolute Gasteiger partial charge is 0.292 e. The van der Waals surface area contributed by atoms with E-state index in [0.717, 1.165) is 0 Å². The lowest BCUT2D eigenvalue weighted by molar-refractivity contribution is -0.384. The van der Waals surface area contributed by atoms with Crippen LogP contribution in [0.1, 0.15) is 0 Å². The Labute approximate surface area is 115 Å². The molecule has 0 unspecified atom stereocenters. The first-order chi connectivity index (χ1) is 9.66. The Morgan fingerprint density at radius 2 is 1.85 bits per heavy atom. The Kier molecular flexibility index (Phi) is 4.49. The van der Waals surface area contributed by atoms with Crippen LogP contribution in [0.3, 0.4) is 0 Å². The average Bonchev–Trinajstić information content (AvgIpc) is 2.46. The van der Waals surface area contributed by atoms with Crippen molar-refractivity contribution in [2.45, 2.75) is 0 Å². The van der Waals surface area contributed by atoms with Crippen LogP contribution in [0.4, 0.5) is 15.8 Å². The molecule has 0 aliphatic carbocycles. The van der Waals surface area contributed by atoms with Gasteiger partial charge in [0.2, 0.25) is 0 Å². The summed E-state index contributed by atoms with van der Waals surface area (Å²) in [5, 5.41) is 13.7. The quantitative estimate of drug-likeness (QED) is 0.500. The van der Waals surface area contributed by atoms with E-state index < -0.39 is 4.92 Å². The van der Waals surface area contributed by atoms with Gasteiger partial charge in [0.1, 0.15) is 23.9 Å². The highest BCUT2D eigenvalue weighted by Gasteiger charge is 2.11. The van der Waals surface area contributed by atoms with Crippen LogP contribution in [-0.4, -0.2) is 18.1 Å². The van der Waals surface area contributed by atoms with Crippen molar-refractivity contribution >= 4 is 11.4 Å². The number of hydrogen-bond donors (Lipinski definition) is 1. The maximum absolute atomic E-state index is 12.7. The van der Waals surface area contributed by atoms with Crippen LogP contribution in [0.25, 0.3) is 0 Å². The van der Waals surface area contributed by atoms with Crippen molar-refractivity contribution in [3.8, 4) is 5.75 Å². The zero-order valence-electron chi connectivity index (χ0n) is 10.6. The predicted octanol–water partition coefficient (Wildman–Crippen LogP) is 3.22. The molecule has 0 radical (unpaired) electrons. The molecular weight excluding hydrogens is 263 g/mol. The van der Waals surface area contributed by atoms with Gasteiger partial charge in [-0.25, -0.2) is 4.39 Å².